The topological polar surface area (TPSA) is 44.5 Å². The fourth-order valence-corrected chi connectivity index (χ4v) is 2.24. The van der Waals surface area contributed by atoms with Gasteiger partial charge < -0.3 is 15.2 Å². The summed E-state index contributed by atoms with van der Waals surface area (Å²) in [5.74, 6) is 0.876. The largest absolute Gasteiger partial charge is 0.496 e. The average Bonchev–Trinajstić information content (AvgIpc) is 2.44. The van der Waals surface area contributed by atoms with Gasteiger partial charge in [0.05, 0.1) is 13.2 Å². The van der Waals surface area contributed by atoms with Gasteiger partial charge in [-0.25, -0.2) is 0 Å². The summed E-state index contributed by atoms with van der Waals surface area (Å²) in [4.78, 5) is 0. The molecule has 3 heteroatoms. The maximum atomic E-state index is 5.80. The van der Waals surface area contributed by atoms with Crippen LogP contribution in [0.2, 0.25) is 0 Å². The van der Waals surface area contributed by atoms with Crippen LogP contribution in [0.3, 0.4) is 0 Å². The maximum absolute atomic E-state index is 5.80. The zero-order valence-corrected chi connectivity index (χ0v) is 10.8. The Balaban J connectivity index is 2.58. The van der Waals surface area contributed by atoms with Crippen molar-refractivity contribution in [3.8, 4) is 5.75 Å². The quantitative estimate of drug-likeness (QED) is 0.881. The number of ether oxygens (including phenoxy) is 2. The third-order valence-electron chi connectivity index (χ3n) is 3.07. The van der Waals surface area contributed by atoms with Crippen LogP contribution in [-0.2, 0) is 4.74 Å². The molecule has 2 aromatic rings. The van der Waals surface area contributed by atoms with Crippen LogP contribution < -0.4 is 10.5 Å². The fraction of sp³-hybridized carbons (Fsp3) is 0.333. The Labute approximate surface area is 108 Å². The molecule has 0 heterocycles. The first-order chi connectivity index (χ1) is 8.81. The minimum Gasteiger partial charge on any atom is -0.496 e. The van der Waals surface area contributed by atoms with E-state index in [1.54, 1.807) is 7.11 Å². The lowest BCUT2D eigenvalue weighted by molar-refractivity contribution is 0.0698. The summed E-state index contributed by atoms with van der Waals surface area (Å²) >= 11 is 0. The molecule has 0 aliphatic heterocycles. The van der Waals surface area contributed by atoms with Gasteiger partial charge in [0.1, 0.15) is 5.75 Å². The molecule has 0 aliphatic carbocycles. The second-order valence-electron chi connectivity index (χ2n) is 4.08. The van der Waals surface area contributed by atoms with Gasteiger partial charge in [-0.15, -0.1) is 0 Å². The lowest BCUT2D eigenvalue weighted by atomic mass is 9.99. The Hall–Kier alpha value is -1.58. The SMILES string of the molecule is CCOC(CN)c1ccc(OC)c2ccccc12. The van der Waals surface area contributed by atoms with E-state index in [4.69, 9.17) is 15.2 Å². The van der Waals surface area contributed by atoms with E-state index in [0.717, 1.165) is 22.1 Å². The maximum Gasteiger partial charge on any atom is 0.126 e. The fourth-order valence-electron chi connectivity index (χ4n) is 2.24. The number of rotatable bonds is 5. The third kappa shape index (κ3) is 2.33. The molecule has 2 N–H and O–H groups in total. The number of methoxy groups -OCH3 is 1. The van der Waals surface area contributed by atoms with Gasteiger partial charge in [0, 0.05) is 18.5 Å². The molecule has 2 rings (SSSR count). The van der Waals surface area contributed by atoms with Gasteiger partial charge in [0.25, 0.3) is 0 Å². The average molecular weight is 245 g/mol. The van der Waals surface area contributed by atoms with Crippen LogP contribution in [0.1, 0.15) is 18.6 Å². The molecule has 0 aliphatic rings. The molecule has 0 aromatic heterocycles. The molecule has 0 bridgehead atoms. The van der Waals surface area contributed by atoms with E-state index in [0.29, 0.717) is 13.2 Å². The molecular weight excluding hydrogens is 226 g/mol. The molecule has 0 fully saturated rings. The second kappa shape index (κ2) is 5.85. The monoisotopic (exact) mass is 245 g/mol. The van der Waals surface area contributed by atoms with E-state index in [9.17, 15) is 0 Å². The second-order valence-corrected chi connectivity index (χ2v) is 4.08. The minimum atomic E-state index is -0.0641. The van der Waals surface area contributed by atoms with Crippen molar-refractivity contribution in [3.05, 3.63) is 42.0 Å². The van der Waals surface area contributed by atoms with Crippen molar-refractivity contribution in [1.82, 2.24) is 0 Å². The van der Waals surface area contributed by atoms with Crippen LogP contribution in [0.5, 0.6) is 5.75 Å². The Morgan fingerprint density at radius 1 is 1.11 bits per heavy atom. The molecule has 18 heavy (non-hydrogen) atoms. The van der Waals surface area contributed by atoms with Gasteiger partial charge in [-0.05, 0) is 23.9 Å². The first-order valence-electron chi connectivity index (χ1n) is 6.19. The highest BCUT2D eigenvalue weighted by molar-refractivity contribution is 5.91. The highest BCUT2D eigenvalue weighted by Crippen LogP contribution is 2.32. The standard InChI is InChI=1S/C15H19NO2/c1-3-18-15(10-16)13-8-9-14(17-2)12-7-5-4-6-11(12)13/h4-9,15H,3,10,16H2,1-2H3. The highest BCUT2D eigenvalue weighted by Gasteiger charge is 2.14. The first kappa shape index (κ1) is 12.9. The van der Waals surface area contributed by atoms with Gasteiger partial charge >= 0.3 is 0 Å². The summed E-state index contributed by atoms with van der Waals surface area (Å²) in [6, 6.07) is 12.2. The Morgan fingerprint density at radius 3 is 2.44 bits per heavy atom. The normalized spacial score (nSPS) is 12.6. The van der Waals surface area contributed by atoms with Crippen molar-refractivity contribution >= 4 is 10.8 Å². The summed E-state index contributed by atoms with van der Waals surface area (Å²) in [5.41, 5.74) is 6.92. The van der Waals surface area contributed by atoms with Gasteiger partial charge in [-0.3, -0.25) is 0 Å². The molecule has 1 atom stereocenters. The van der Waals surface area contributed by atoms with Crippen LogP contribution in [-0.4, -0.2) is 20.3 Å². The van der Waals surface area contributed by atoms with E-state index < -0.39 is 0 Å². The molecule has 0 spiro atoms. The van der Waals surface area contributed by atoms with Crippen molar-refractivity contribution in [2.45, 2.75) is 13.0 Å². The van der Waals surface area contributed by atoms with Gasteiger partial charge in [-0.1, -0.05) is 30.3 Å². The van der Waals surface area contributed by atoms with Gasteiger partial charge in [-0.2, -0.15) is 0 Å². The van der Waals surface area contributed by atoms with Gasteiger partial charge in [0.15, 0.2) is 0 Å². The molecule has 2 aromatic carbocycles. The Bertz CT molecular complexity index is 525. The minimum absolute atomic E-state index is 0.0641. The van der Waals surface area contributed by atoms with Crippen LogP contribution in [0.25, 0.3) is 10.8 Å². The lowest BCUT2D eigenvalue weighted by Gasteiger charge is -2.18. The van der Waals surface area contributed by atoms with Crippen LogP contribution >= 0.6 is 0 Å². The van der Waals surface area contributed by atoms with Crippen LogP contribution in [0.15, 0.2) is 36.4 Å². The summed E-state index contributed by atoms with van der Waals surface area (Å²) in [6.45, 7) is 3.11. The number of hydrogen-bond acceptors (Lipinski definition) is 3. The number of hydrogen-bond donors (Lipinski definition) is 1. The molecule has 1 unspecified atom stereocenters. The van der Waals surface area contributed by atoms with Crippen molar-refractivity contribution in [2.75, 3.05) is 20.3 Å². The van der Waals surface area contributed by atoms with E-state index in [1.807, 2.05) is 31.2 Å². The Kier molecular flexibility index (Phi) is 4.18. The van der Waals surface area contributed by atoms with Crippen molar-refractivity contribution in [1.29, 1.82) is 0 Å². The molecule has 96 valence electrons. The van der Waals surface area contributed by atoms with Crippen molar-refractivity contribution < 1.29 is 9.47 Å². The molecule has 3 nitrogen and oxygen atoms in total. The van der Waals surface area contributed by atoms with Crippen molar-refractivity contribution in [2.24, 2.45) is 5.73 Å². The first-order valence-corrected chi connectivity index (χ1v) is 6.19. The zero-order valence-electron chi connectivity index (χ0n) is 10.8. The van der Waals surface area contributed by atoms with Crippen LogP contribution in [0.4, 0.5) is 0 Å². The molecular formula is C15H19NO2. The predicted molar refractivity (Wildman–Crippen MR) is 73.9 cm³/mol. The van der Waals surface area contributed by atoms with E-state index in [1.165, 1.54) is 0 Å². The summed E-state index contributed by atoms with van der Waals surface area (Å²) in [6.07, 6.45) is -0.0641. The third-order valence-corrected chi connectivity index (χ3v) is 3.07. The number of fused-ring (bicyclic) bond motifs is 1. The lowest BCUT2D eigenvalue weighted by Crippen LogP contribution is -2.16. The molecule has 0 radical (unpaired) electrons. The highest BCUT2D eigenvalue weighted by atomic mass is 16.5. The smallest absolute Gasteiger partial charge is 0.126 e. The summed E-state index contributed by atoms with van der Waals surface area (Å²) in [7, 11) is 1.68. The predicted octanol–water partition coefficient (Wildman–Crippen LogP) is 2.88. The summed E-state index contributed by atoms with van der Waals surface area (Å²) < 4.78 is 11.1. The molecule has 0 amide bonds. The van der Waals surface area contributed by atoms with Crippen LogP contribution in [0, 0.1) is 0 Å². The van der Waals surface area contributed by atoms with E-state index >= 15 is 0 Å². The van der Waals surface area contributed by atoms with E-state index in [-0.39, 0.29) is 6.10 Å². The van der Waals surface area contributed by atoms with Gasteiger partial charge in [0.2, 0.25) is 0 Å². The zero-order chi connectivity index (χ0) is 13.0. The summed E-state index contributed by atoms with van der Waals surface area (Å²) in [5, 5.41) is 2.23. The number of benzene rings is 2. The molecule has 0 saturated heterocycles. The number of nitrogens with two attached hydrogens (primary N) is 1. The van der Waals surface area contributed by atoms with Crippen molar-refractivity contribution in [3.63, 3.8) is 0 Å². The Morgan fingerprint density at radius 2 is 1.83 bits per heavy atom. The van der Waals surface area contributed by atoms with E-state index in [2.05, 4.69) is 12.1 Å². The molecule has 0 saturated carbocycles.